The van der Waals surface area contributed by atoms with Gasteiger partial charge in [0.2, 0.25) is 0 Å². The number of aliphatic carboxylic acids is 1. The second kappa shape index (κ2) is 8.17. The molecule has 1 atom stereocenters. The summed E-state index contributed by atoms with van der Waals surface area (Å²) in [4.78, 5) is 23.7. The van der Waals surface area contributed by atoms with Crippen molar-refractivity contribution in [3.05, 3.63) is 53.3 Å². The second-order valence-corrected chi connectivity index (χ2v) is 7.49. The molecule has 0 saturated heterocycles. The minimum Gasteiger partial charge on any atom is -0.481 e. The number of carboxylic acids is 1. The Balaban J connectivity index is 2.18. The lowest BCUT2D eigenvalue weighted by Gasteiger charge is -2.21. The normalized spacial score (nSPS) is 12.6. The van der Waals surface area contributed by atoms with E-state index in [2.05, 4.69) is 31.2 Å². The minimum atomic E-state index is -0.961. The van der Waals surface area contributed by atoms with E-state index < -0.39 is 12.0 Å². The highest BCUT2D eigenvalue weighted by molar-refractivity contribution is 5.94. The summed E-state index contributed by atoms with van der Waals surface area (Å²) in [5.41, 5.74) is 2.37. The van der Waals surface area contributed by atoms with Gasteiger partial charge in [-0.15, -0.1) is 0 Å². The Labute approximate surface area is 154 Å². The van der Waals surface area contributed by atoms with Gasteiger partial charge in [-0.3, -0.25) is 14.3 Å². The summed E-state index contributed by atoms with van der Waals surface area (Å²) in [5.74, 6) is -1.28. The molecular formula is C20H27N3O3. The Hall–Kier alpha value is -2.63. The van der Waals surface area contributed by atoms with Crippen molar-refractivity contribution < 1.29 is 14.7 Å². The third kappa shape index (κ3) is 5.18. The smallest absolute Gasteiger partial charge is 0.305 e. The number of benzene rings is 1. The number of hydrogen-bond donors (Lipinski definition) is 2. The summed E-state index contributed by atoms with van der Waals surface area (Å²) in [6, 6.07) is 7.14. The molecule has 6 heteroatoms. The molecule has 0 aliphatic heterocycles. The highest BCUT2D eigenvalue weighted by Gasteiger charge is 2.21. The maximum atomic E-state index is 12.5. The van der Waals surface area contributed by atoms with Crippen LogP contribution in [0.5, 0.6) is 0 Å². The molecule has 1 aromatic carbocycles. The zero-order valence-corrected chi connectivity index (χ0v) is 15.8. The lowest BCUT2D eigenvalue weighted by Crippen LogP contribution is -2.30. The molecule has 0 aliphatic rings. The van der Waals surface area contributed by atoms with Crippen LogP contribution in [-0.4, -0.2) is 26.8 Å². The van der Waals surface area contributed by atoms with Crippen LogP contribution in [-0.2, 0) is 16.8 Å². The van der Waals surface area contributed by atoms with E-state index in [9.17, 15) is 14.7 Å². The van der Waals surface area contributed by atoms with Crippen LogP contribution in [0.4, 0.5) is 0 Å². The van der Waals surface area contributed by atoms with Crippen LogP contribution in [0.2, 0.25) is 0 Å². The standard InChI is InChI=1S/C20H27N3O3/c1-5-10-23-13-15(12-21-23)19(26)22-17(11-18(24)25)14-6-8-16(9-7-14)20(2,3)4/h6-9,12-13,17H,5,10-11H2,1-4H3,(H,22,26)(H,24,25). The van der Waals surface area contributed by atoms with Crippen molar-refractivity contribution in [1.82, 2.24) is 15.1 Å². The molecule has 6 nitrogen and oxygen atoms in total. The van der Waals surface area contributed by atoms with Crippen molar-refractivity contribution in [2.45, 2.75) is 58.5 Å². The lowest BCUT2D eigenvalue weighted by molar-refractivity contribution is -0.137. The van der Waals surface area contributed by atoms with Gasteiger partial charge in [0.25, 0.3) is 5.91 Å². The van der Waals surface area contributed by atoms with Crippen molar-refractivity contribution in [2.75, 3.05) is 0 Å². The molecular weight excluding hydrogens is 330 g/mol. The molecule has 2 rings (SSSR count). The molecule has 140 valence electrons. The molecule has 0 aliphatic carbocycles. The van der Waals surface area contributed by atoms with Crippen LogP contribution in [0.25, 0.3) is 0 Å². The van der Waals surface area contributed by atoms with E-state index in [1.165, 1.54) is 6.20 Å². The average molecular weight is 357 g/mol. The molecule has 2 N–H and O–H groups in total. The van der Waals surface area contributed by atoms with Crippen LogP contribution < -0.4 is 5.32 Å². The van der Waals surface area contributed by atoms with Gasteiger partial charge in [-0.2, -0.15) is 5.10 Å². The summed E-state index contributed by atoms with van der Waals surface area (Å²) in [6.45, 7) is 9.12. The molecule has 26 heavy (non-hydrogen) atoms. The predicted octanol–water partition coefficient (Wildman–Crippen LogP) is 3.54. The zero-order valence-electron chi connectivity index (χ0n) is 15.8. The molecule has 0 radical (unpaired) electrons. The summed E-state index contributed by atoms with van der Waals surface area (Å²) in [5, 5.41) is 16.2. The highest BCUT2D eigenvalue weighted by atomic mass is 16.4. The third-order valence-corrected chi connectivity index (χ3v) is 4.21. The number of aryl methyl sites for hydroxylation is 1. The van der Waals surface area contributed by atoms with Crippen LogP contribution >= 0.6 is 0 Å². The maximum absolute atomic E-state index is 12.5. The van der Waals surface area contributed by atoms with Gasteiger partial charge < -0.3 is 10.4 Å². The number of amides is 1. The summed E-state index contributed by atoms with van der Waals surface area (Å²) in [7, 11) is 0. The molecule has 0 fully saturated rings. The van der Waals surface area contributed by atoms with Gasteiger partial charge in [-0.25, -0.2) is 0 Å². The van der Waals surface area contributed by atoms with E-state index in [-0.39, 0.29) is 17.7 Å². The van der Waals surface area contributed by atoms with Gasteiger partial charge in [0.1, 0.15) is 0 Å². The van der Waals surface area contributed by atoms with Crippen LogP contribution in [0.3, 0.4) is 0 Å². The first-order chi connectivity index (χ1) is 12.2. The Kier molecular flexibility index (Phi) is 6.18. The maximum Gasteiger partial charge on any atom is 0.305 e. The van der Waals surface area contributed by atoms with Gasteiger partial charge in [0.05, 0.1) is 24.2 Å². The topological polar surface area (TPSA) is 84.2 Å². The predicted molar refractivity (Wildman–Crippen MR) is 100 cm³/mol. The van der Waals surface area contributed by atoms with Crippen molar-refractivity contribution >= 4 is 11.9 Å². The number of rotatable bonds is 7. The Bertz CT molecular complexity index is 757. The lowest BCUT2D eigenvalue weighted by atomic mass is 9.86. The first-order valence-corrected chi connectivity index (χ1v) is 8.86. The molecule has 0 saturated carbocycles. The Morgan fingerprint density at radius 3 is 2.42 bits per heavy atom. The fraction of sp³-hybridized carbons (Fsp3) is 0.450. The van der Waals surface area contributed by atoms with Crippen LogP contribution in [0.1, 0.15) is 68.1 Å². The van der Waals surface area contributed by atoms with Crippen molar-refractivity contribution in [3.8, 4) is 0 Å². The molecule has 0 spiro atoms. The van der Waals surface area contributed by atoms with E-state index >= 15 is 0 Å². The molecule has 1 unspecified atom stereocenters. The summed E-state index contributed by atoms with van der Waals surface area (Å²) in [6.07, 6.45) is 3.93. The highest BCUT2D eigenvalue weighted by Crippen LogP contribution is 2.25. The number of nitrogens with zero attached hydrogens (tertiary/aromatic N) is 2. The van der Waals surface area contributed by atoms with E-state index in [1.54, 1.807) is 10.9 Å². The van der Waals surface area contributed by atoms with E-state index in [1.807, 2.05) is 31.2 Å². The van der Waals surface area contributed by atoms with Gasteiger partial charge in [-0.05, 0) is 23.0 Å². The Morgan fingerprint density at radius 1 is 1.23 bits per heavy atom. The SMILES string of the molecule is CCCn1cc(C(=O)NC(CC(=O)O)c2ccc(C(C)(C)C)cc2)cn1. The van der Waals surface area contributed by atoms with Crippen molar-refractivity contribution in [2.24, 2.45) is 0 Å². The Morgan fingerprint density at radius 2 is 1.88 bits per heavy atom. The van der Waals surface area contributed by atoms with Crippen LogP contribution in [0.15, 0.2) is 36.7 Å². The quantitative estimate of drug-likeness (QED) is 0.794. The molecule has 2 aromatic rings. The first-order valence-electron chi connectivity index (χ1n) is 8.86. The largest absolute Gasteiger partial charge is 0.481 e. The van der Waals surface area contributed by atoms with Gasteiger partial charge >= 0.3 is 5.97 Å². The van der Waals surface area contributed by atoms with E-state index in [0.717, 1.165) is 24.1 Å². The first kappa shape index (κ1) is 19.7. The van der Waals surface area contributed by atoms with Gasteiger partial charge in [0, 0.05) is 12.7 Å². The zero-order chi connectivity index (χ0) is 19.3. The van der Waals surface area contributed by atoms with Gasteiger partial charge in [0.15, 0.2) is 0 Å². The number of carbonyl (C=O) groups excluding carboxylic acids is 1. The molecule has 1 heterocycles. The second-order valence-electron chi connectivity index (χ2n) is 7.49. The minimum absolute atomic E-state index is 0.0118. The van der Waals surface area contributed by atoms with E-state index in [0.29, 0.717) is 5.56 Å². The number of carboxylic acid groups (broad SMARTS) is 1. The van der Waals surface area contributed by atoms with Crippen LogP contribution in [0, 0.1) is 0 Å². The number of carbonyl (C=O) groups is 2. The van der Waals surface area contributed by atoms with Crippen molar-refractivity contribution in [1.29, 1.82) is 0 Å². The molecule has 1 aromatic heterocycles. The molecule has 0 bridgehead atoms. The summed E-state index contributed by atoms with van der Waals surface area (Å²) < 4.78 is 1.71. The fourth-order valence-corrected chi connectivity index (χ4v) is 2.72. The number of hydrogen-bond acceptors (Lipinski definition) is 3. The fourth-order valence-electron chi connectivity index (χ4n) is 2.72. The monoisotopic (exact) mass is 357 g/mol. The average Bonchev–Trinajstić information content (AvgIpc) is 3.02. The number of aromatic nitrogens is 2. The summed E-state index contributed by atoms with van der Waals surface area (Å²) >= 11 is 0. The van der Waals surface area contributed by atoms with E-state index in [4.69, 9.17) is 0 Å². The number of nitrogens with one attached hydrogen (secondary N) is 1. The third-order valence-electron chi connectivity index (χ3n) is 4.21. The van der Waals surface area contributed by atoms with Crippen molar-refractivity contribution in [3.63, 3.8) is 0 Å². The molecule has 1 amide bonds. The van der Waals surface area contributed by atoms with Gasteiger partial charge in [-0.1, -0.05) is 52.0 Å².